The van der Waals surface area contributed by atoms with Crippen LogP contribution >= 0.6 is 0 Å². The Morgan fingerprint density at radius 3 is 2.45 bits per heavy atom. The lowest BCUT2D eigenvalue weighted by atomic mass is 10.1. The van der Waals surface area contributed by atoms with E-state index in [4.69, 9.17) is 4.74 Å². The minimum atomic E-state index is -0.0250. The van der Waals surface area contributed by atoms with Crippen molar-refractivity contribution in [3.05, 3.63) is 22.8 Å². The average Bonchev–Trinajstić information content (AvgIpc) is 3.21. The first-order chi connectivity index (χ1) is 9.61. The first-order valence-electron chi connectivity index (χ1n) is 7.80. The van der Waals surface area contributed by atoms with Gasteiger partial charge in [0.2, 0.25) is 0 Å². The number of nitrogens with zero attached hydrogens (tertiary/aromatic N) is 2. The molecule has 0 aliphatic heterocycles. The van der Waals surface area contributed by atoms with Crippen molar-refractivity contribution in [2.24, 2.45) is 0 Å². The van der Waals surface area contributed by atoms with Crippen LogP contribution in [0.3, 0.4) is 0 Å². The van der Waals surface area contributed by atoms with Gasteiger partial charge in [-0.1, -0.05) is 0 Å². The lowest BCUT2D eigenvalue weighted by Crippen LogP contribution is -2.18. The molecule has 20 heavy (non-hydrogen) atoms. The summed E-state index contributed by atoms with van der Waals surface area (Å²) in [4.78, 5) is 9.24. The number of hydrogen-bond donors (Lipinski definition) is 1. The van der Waals surface area contributed by atoms with Crippen LogP contribution in [0, 0.1) is 13.8 Å². The molecule has 2 rings (SSSR count). The molecule has 1 unspecified atom stereocenters. The van der Waals surface area contributed by atoms with Crippen LogP contribution in [0.4, 0.5) is 0 Å². The lowest BCUT2D eigenvalue weighted by Gasteiger charge is -2.15. The van der Waals surface area contributed by atoms with Gasteiger partial charge in [0.15, 0.2) is 5.82 Å². The minimum absolute atomic E-state index is 0.0250. The van der Waals surface area contributed by atoms with Crippen LogP contribution in [0.2, 0.25) is 0 Å². The van der Waals surface area contributed by atoms with Gasteiger partial charge in [-0.25, -0.2) is 9.97 Å². The fourth-order valence-electron chi connectivity index (χ4n) is 2.49. The van der Waals surface area contributed by atoms with Crippen molar-refractivity contribution in [2.45, 2.75) is 65.5 Å². The molecule has 0 radical (unpaired) electrons. The molecule has 0 aromatic carbocycles. The van der Waals surface area contributed by atoms with E-state index in [1.807, 2.05) is 13.8 Å². The normalized spacial score (nSPS) is 16.4. The van der Waals surface area contributed by atoms with Crippen LogP contribution < -0.4 is 5.32 Å². The standard InChI is InChI=1S/C16H27N3O/c1-5-20-13(4)16-18-11(2)15(12(3)19-16)7-6-10-17-14-8-9-14/h13-14,17H,5-10H2,1-4H3. The number of rotatable bonds is 8. The molecule has 1 aliphatic rings. The molecule has 1 saturated carbocycles. The molecule has 4 heteroatoms. The Morgan fingerprint density at radius 1 is 1.25 bits per heavy atom. The zero-order chi connectivity index (χ0) is 14.5. The Hall–Kier alpha value is -1.00. The minimum Gasteiger partial charge on any atom is -0.371 e. The van der Waals surface area contributed by atoms with Crippen LogP contribution in [0.15, 0.2) is 0 Å². The highest BCUT2D eigenvalue weighted by atomic mass is 16.5. The van der Waals surface area contributed by atoms with E-state index in [1.165, 1.54) is 18.4 Å². The Labute approximate surface area is 122 Å². The summed E-state index contributed by atoms with van der Waals surface area (Å²) in [6, 6.07) is 0.794. The van der Waals surface area contributed by atoms with Gasteiger partial charge in [-0.15, -0.1) is 0 Å². The van der Waals surface area contributed by atoms with Crippen molar-refractivity contribution in [2.75, 3.05) is 13.2 Å². The van der Waals surface area contributed by atoms with Gasteiger partial charge in [0, 0.05) is 24.0 Å². The van der Waals surface area contributed by atoms with E-state index in [9.17, 15) is 0 Å². The first-order valence-corrected chi connectivity index (χ1v) is 7.80. The second-order valence-electron chi connectivity index (χ2n) is 5.66. The predicted molar refractivity (Wildman–Crippen MR) is 80.9 cm³/mol. The van der Waals surface area contributed by atoms with Gasteiger partial charge in [-0.2, -0.15) is 0 Å². The summed E-state index contributed by atoms with van der Waals surface area (Å²) in [5.74, 6) is 0.807. The first kappa shape index (κ1) is 15.4. The predicted octanol–water partition coefficient (Wildman–Crippen LogP) is 2.88. The number of aryl methyl sites for hydroxylation is 2. The highest BCUT2D eigenvalue weighted by Crippen LogP contribution is 2.20. The van der Waals surface area contributed by atoms with E-state index in [0.29, 0.717) is 6.61 Å². The summed E-state index contributed by atoms with van der Waals surface area (Å²) in [5.41, 5.74) is 3.51. The molecule has 1 aromatic rings. The summed E-state index contributed by atoms with van der Waals surface area (Å²) >= 11 is 0. The van der Waals surface area contributed by atoms with Crippen molar-refractivity contribution >= 4 is 0 Å². The van der Waals surface area contributed by atoms with E-state index >= 15 is 0 Å². The average molecular weight is 277 g/mol. The second-order valence-corrected chi connectivity index (χ2v) is 5.66. The third kappa shape index (κ3) is 4.25. The molecular weight excluding hydrogens is 250 g/mol. The molecule has 0 saturated heterocycles. The van der Waals surface area contributed by atoms with E-state index in [2.05, 4.69) is 29.1 Å². The van der Waals surface area contributed by atoms with Gasteiger partial charge in [0.1, 0.15) is 6.10 Å². The van der Waals surface area contributed by atoms with Crippen molar-refractivity contribution in [3.8, 4) is 0 Å². The van der Waals surface area contributed by atoms with Crippen LogP contribution in [-0.4, -0.2) is 29.2 Å². The summed E-state index contributed by atoms with van der Waals surface area (Å²) in [6.45, 7) is 9.97. The van der Waals surface area contributed by atoms with Crippen LogP contribution in [0.1, 0.15) is 62.0 Å². The third-order valence-corrected chi connectivity index (χ3v) is 3.83. The smallest absolute Gasteiger partial charge is 0.157 e. The third-order valence-electron chi connectivity index (χ3n) is 3.83. The van der Waals surface area contributed by atoms with Crippen molar-refractivity contribution in [1.29, 1.82) is 0 Å². The summed E-state index contributed by atoms with van der Waals surface area (Å²) in [7, 11) is 0. The van der Waals surface area contributed by atoms with E-state index in [1.54, 1.807) is 0 Å². The molecule has 0 amide bonds. The largest absolute Gasteiger partial charge is 0.371 e. The van der Waals surface area contributed by atoms with Crippen molar-refractivity contribution < 1.29 is 4.74 Å². The zero-order valence-electron chi connectivity index (χ0n) is 13.2. The Kier molecular flexibility index (Phi) is 5.49. The maximum Gasteiger partial charge on any atom is 0.157 e. The molecule has 1 N–H and O–H groups in total. The molecule has 1 heterocycles. The lowest BCUT2D eigenvalue weighted by molar-refractivity contribution is 0.0697. The maximum atomic E-state index is 5.57. The van der Waals surface area contributed by atoms with Crippen molar-refractivity contribution in [3.63, 3.8) is 0 Å². The summed E-state index contributed by atoms with van der Waals surface area (Å²) in [6.07, 6.45) is 4.89. The summed E-state index contributed by atoms with van der Waals surface area (Å²) in [5, 5.41) is 3.55. The fourth-order valence-corrected chi connectivity index (χ4v) is 2.49. The van der Waals surface area contributed by atoms with Gasteiger partial charge in [0.25, 0.3) is 0 Å². The molecular formula is C16H27N3O. The molecule has 1 fully saturated rings. The molecule has 0 spiro atoms. The van der Waals surface area contributed by atoms with Gasteiger partial charge in [0.05, 0.1) is 0 Å². The van der Waals surface area contributed by atoms with E-state index in [-0.39, 0.29) is 6.10 Å². The van der Waals surface area contributed by atoms with Gasteiger partial charge >= 0.3 is 0 Å². The molecule has 0 bridgehead atoms. The number of aromatic nitrogens is 2. The van der Waals surface area contributed by atoms with Crippen molar-refractivity contribution in [1.82, 2.24) is 15.3 Å². The Bertz CT molecular complexity index is 420. The van der Waals surface area contributed by atoms with Crippen LogP contribution in [-0.2, 0) is 11.2 Å². The molecule has 1 atom stereocenters. The number of hydrogen-bond acceptors (Lipinski definition) is 4. The monoisotopic (exact) mass is 277 g/mol. The number of ether oxygens (including phenoxy) is 1. The maximum absolute atomic E-state index is 5.57. The molecule has 112 valence electrons. The second kappa shape index (κ2) is 7.14. The molecule has 1 aliphatic carbocycles. The summed E-state index contributed by atoms with van der Waals surface area (Å²) < 4.78 is 5.57. The fraction of sp³-hybridized carbons (Fsp3) is 0.750. The highest BCUT2D eigenvalue weighted by molar-refractivity contribution is 5.25. The van der Waals surface area contributed by atoms with E-state index < -0.39 is 0 Å². The number of nitrogens with one attached hydrogen (secondary N) is 1. The highest BCUT2D eigenvalue weighted by Gasteiger charge is 2.19. The molecule has 4 nitrogen and oxygen atoms in total. The Balaban J connectivity index is 1.94. The topological polar surface area (TPSA) is 47.0 Å². The quantitative estimate of drug-likeness (QED) is 0.742. The zero-order valence-corrected chi connectivity index (χ0v) is 13.2. The van der Waals surface area contributed by atoms with Crippen LogP contribution in [0.5, 0.6) is 0 Å². The van der Waals surface area contributed by atoms with Gasteiger partial charge < -0.3 is 10.1 Å². The van der Waals surface area contributed by atoms with Gasteiger partial charge in [-0.05, 0) is 65.5 Å². The Morgan fingerprint density at radius 2 is 1.90 bits per heavy atom. The van der Waals surface area contributed by atoms with E-state index in [0.717, 1.165) is 42.6 Å². The SMILES string of the molecule is CCOC(C)c1nc(C)c(CCCNC2CC2)c(C)n1. The molecule has 1 aromatic heterocycles. The van der Waals surface area contributed by atoms with Crippen LogP contribution in [0.25, 0.3) is 0 Å². The van der Waals surface area contributed by atoms with Gasteiger partial charge in [-0.3, -0.25) is 0 Å².